The number of aliphatic hydroxyl groups is 2. The highest BCUT2D eigenvalue weighted by atomic mass is 35.5. The van der Waals surface area contributed by atoms with Crippen molar-refractivity contribution in [3.8, 4) is 0 Å². The van der Waals surface area contributed by atoms with Crippen molar-refractivity contribution in [2.45, 2.75) is 120 Å². The van der Waals surface area contributed by atoms with Gasteiger partial charge in [0.2, 0.25) is 5.91 Å². The summed E-state index contributed by atoms with van der Waals surface area (Å²) in [6.07, 6.45) is 14.5. The van der Waals surface area contributed by atoms with Crippen LogP contribution in [0.4, 0.5) is 0 Å². The summed E-state index contributed by atoms with van der Waals surface area (Å²) >= 11 is 6.37. The van der Waals surface area contributed by atoms with Gasteiger partial charge in [-0.3, -0.25) is 9.63 Å². The molecule has 0 aromatic heterocycles. The minimum atomic E-state index is -0.745. The highest BCUT2D eigenvalue weighted by molar-refractivity contribution is 6.20. The van der Waals surface area contributed by atoms with E-state index in [0.717, 1.165) is 50.0 Å². The van der Waals surface area contributed by atoms with Crippen molar-refractivity contribution in [2.24, 2.45) is 35.5 Å². The number of carbonyl (C=O) groups excluding carboxylic acids is 1. The Bertz CT molecular complexity index is 764. The molecule has 0 bridgehead atoms. The maximum absolute atomic E-state index is 13.6. The fraction of sp³-hybridized carbons (Fsp3) is 0.967. The topological polar surface area (TPSA) is 94.1 Å². The van der Waals surface area contributed by atoms with E-state index >= 15 is 0 Å². The minimum Gasteiger partial charge on any atom is -0.396 e. The summed E-state index contributed by atoms with van der Waals surface area (Å²) in [6, 6.07) is 0.105. The van der Waals surface area contributed by atoms with Gasteiger partial charge in [0.05, 0.1) is 12.7 Å². The SMILES string of the molecule is C[C@H](O)[C@H]1ON(CC2CCCC(C3CCC(Cl)CC3)C2)[C@@H](C(=O)NCCC2CNC3CCCCC23)[C@H]1CO. The summed E-state index contributed by atoms with van der Waals surface area (Å²) in [5.74, 6) is 2.86. The quantitative estimate of drug-likeness (QED) is 0.324. The molecule has 9 atom stereocenters. The van der Waals surface area contributed by atoms with Crippen molar-refractivity contribution in [2.75, 3.05) is 26.2 Å². The van der Waals surface area contributed by atoms with Crippen molar-refractivity contribution < 1.29 is 19.8 Å². The first-order chi connectivity index (χ1) is 18.4. The largest absolute Gasteiger partial charge is 0.396 e. The van der Waals surface area contributed by atoms with Crippen molar-refractivity contribution in [1.82, 2.24) is 15.7 Å². The van der Waals surface area contributed by atoms with Crippen molar-refractivity contribution in [1.29, 1.82) is 0 Å². The van der Waals surface area contributed by atoms with Gasteiger partial charge in [0.25, 0.3) is 0 Å². The lowest BCUT2D eigenvalue weighted by Crippen LogP contribution is -2.49. The van der Waals surface area contributed by atoms with Gasteiger partial charge in [-0.15, -0.1) is 11.6 Å². The minimum absolute atomic E-state index is 0.0638. The van der Waals surface area contributed by atoms with Crippen LogP contribution in [0.2, 0.25) is 0 Å². The number of carbonyl (C=O) groups is 1. The zero-order valence-corrected chi connectivity index (χ0v) is 24.2. The molecule has 7 nitrogen and oxygen atoms in total. The number of hydroxylamine groups is 2. The second-order valence-electron chi connectivity index (χ2n) is 13.3. The first kappa shape index (κ1) is 29.1. The molecular formula is C30H52ClN3O4. The first-order valence-corrected chi connectivity index (χ1v) is 16.3. The van der Waals surface area contributed by atoms with Gasteiger partial charge in [0.1, 0.15) is 12.1 Å². The number of nitrogens with zero attached hydrogens (tertiary/aromatic N) is 1. The molecule has 5 unspecified atom stereocenters. The molecule has 1 amide bonds. The Balaban J connectivity index is 1.18. The molecule has 5 fully saturated rings. The zero-order chi connectivity index (χ0) is 26.6. The van der Waals surface area contributed by atoms with Crippen LogP contribution in [-0.4, -0.2) is 77.1 Å². The Morgan fingerprint density at radius 1 is 1.08 bits per heavy atom. The molecule has 3 aliphatic carbocycles. The monoisotopic (exact) mass is 553 g/mol. The van der Waals surface area contributed by atoms with E-state index in [1.165, 1.54) is 57.8 Å². The molecule has 3 saturated carbocycles. The van der Waals surface area contributed by atoms with E-state index in [1.54, 1.807) is 6.92 Å². The van der Waals surface area contributed by atoms with E-state index in [0.29, 0.717) is 36.3 Å². The number of alkyl halides is 1. The van der Waals surface area contributed by atoms with Crippen LogP contribution in [0.1, 0.15) is 90.4 Å². The number of hydrogen-bond acceptors (Lipinski definition) is 6. The van der Waals surface area contributed by atoms with Gasteiger partial charge in [-0.1, -0.05) is 25.7 Å². The molecule has 4 N–H and O–H groups in total. The van der Waals surface area contributed by atoms with E-state index in [2.05, 4.69) is 10.6 Å². The van der Waals surface area contributed by atoms with Crippen LogP contribution in [0, 0.1) is 35.5 Å². The summed E-state index contributed by atoms with van der Waals surface area (Å²) in [4.78, 5) is 19.8. The Kier molecular flexibility index (Phi) is 10.3. The molecule has 2 aliphatic heterocycles. The number of rotatable bonds is 9. The number of fused-ring (bicyclic) bond motifs is 1. The van der Waals surface area contributed by atoms with E-state index in [1.807, 2.05) is 5.06 Å². The molecule has 2 heterocycles. The fourth-order valence-corrected chi connectivity index (χ4v) is 9.04. The average Bonchev–Trinajstić information content (AvgIpc) is 3.50. The third-order valence-electron chi connectivity index (χ3n) is 10.9. The Morgan fingerprint density at radius 3 is 2.63 bits per heavy atom. The van der Waals surface area contributed by atoms with Gasteiger partial charge in [-0.05, 0) is 101 Å². The summed E-state index contributed by atoms with van der Waals surface area (Å²) in [6.45, 7) is 3.93. The molecule has 0 spiro atoms. The lowest BCUT2D eigenvalue weighted by Gasteiger charge is -2.38. The van der Waals surface area contributed by atoms with Crippen LogP contribution in [0.3, 0.4) is 0 Å². The van der Waals surface area contributed by atoms with Crippen molar-refractivity contribution in [3.63, 3.8) is 0 Å². The van der Waals surface area contributed by atoms with Gasteiger partial charge in [-0.2, -0.15) is 5.06 Å². The van der Waals surface area contributed by atoms with Crippen LogP contribution < -0.4 is 10.6 Å². The summed E-state index contributed by atoms with van der Waals surface area (Å²) in [5, 5.41) is 29.8. The molecule has 218 valence electrons. The molecule has 0 radical (unpaired) electrons. The van der Waals surface area contributed by atoms with E-state index < -0.39 is 24.2 Å². The number of aliphatic hydroxyl groups excluding tert-OH is 2. The molecular weight excluding hydrogens is 502 g/mol. The molecule has 5 aliphatic rings. The van der Waals surface area contributed by atoms with Gasteiger partial charge in [-0.25, -0.2) is 0 Å². The Labute approximate surface area is 234 Å². The van der Waals surface area contributed by atoms with Crippen LogP contribution in [0.25, 0.3) is 0 Å². The zero-order valence-electron chi connectivity index (χ0n) is 23.4. The van der Waals surface area contributed by atoms with Crippen molar-refractivity contribution in [3.05, 3.63) is 0 Å². The molecule has 5 rings (SSSR count). The predicted molar refractivity (Wildman–Crippen MR) is 150 cm³/mol. The highest BCUT2D eigenvalue weighted by Crippen LogP contribution is 2.42. The molecule has 0 aromatic carbocycles. The van der Waals surface area contributed by atoms with Gasteiger partial charge in [0.15, 0.2) is 0 Å². The average molecular weight is 554 g/mol. The second-order valence-corrected chi connectivity index (χ2v) is 13.9. The number of amides is 1. The van der Waals surface area contributed by atoms with Crippen LogP contribution >= 0.6 is 11.6 Å². The fourth-order valence-electron chi connectivity index (χ4n) is 8.79. The summed E-state index contributed by atoms with van der Waals surface area (Å²) in [7, 11) is 0. The van der Waals surface area contributed by atoms with Gasteiger partial charge >= 0.3 is 0 Å². The lowest BCUT2D eigenvalue weighted by molar-refractivity contribution is -0.193. The highest BCUT2D eigenvalue weighted by Gasteiger charge is 2.49. The maximum atomic E-state index is 13.6. The van der Waals surface area contributed by atoms with Gasteiger partial charge in [0, 0.05) is 30.4 Å². The Morgan fingerprint density at radius 2 is 1.87 bits per heavy atom. The third-order valence-corrected chi connectivity index (χ3v) is 11.3. The third kappa shape index (κ3) is 6.71. The standard InChI is InChI=1S/C30H52ClN3O4/c1-19(36)29-26(18-35)28(30(37)32-14-13-23-16-33-27-8-3-2-7-25(23)27)34(38-29)17-20-5-4-6-22(15-20)21-9-11-24(31)12-10-21/h19-29,33,35-36H,2-18H2,1H3,(H,32,37)/t19-,20?,21?,22?,23?,24?,25?,26+,27?,28+,29+/m0/s1. The normalized spacial score (nSPS) is 43.1. The van der Waals surface area contributed by atoms with E-state index in [-0.39, 0.29) is 12.5 Å². The number of hydrogen-bond donors (Lipinski definition) is 4. The Hall–Kier alpha value is -0.440. The van der Waals surface area contributed by atoms with Crippen LogP contribution in [-0.2, 0) is 9.63 Å². The van der Waals surface area contributed by atoms with E-state index in [4.69, 9.17) is 16.4 Å². The van der Waals surface area contributed by atoms with E-state index in [9.17, 15) is 15.0 Å². The first-order valence-electron chi connectivity index (χ1n) is 15.8. The molecule has 0 aromatic rings. The summed E-state index contributed by atoms with van der Waals surface area (Å²) < 4.78 is 0. The number of nitrogens with one attached hydrogen (secondary N) is 2. The predicted octanol–water partition coefficient (Wildman–Crippen LogP) is 3.85. The molecule has 8 heteroatoms. The lowest BCUT2D eigenvalue weighted by atomic mass is 9.70. The summed E-state index contributed by atoms with van der Waals surface area (Å²) in [5.41, 5.74) is 0. The second kappa shape index (κ2) is 13.5. The molecule has 2 saturated heterocycles. The van der Waals surface area contributed by atoms with Crippen molar-refractivity contribution >= 4 is 17.5 Å². The number of halogens is 1. The van der Waals surface area contributed by atoms with Gasteiger partial charge < -0.3 is 20.8 Å². The van der Waals surface area contributed by atoms with Crippen LogP contribution in [0.15, 0.2) is 0 Å². The van der Waals surface area contributed by atoms with Crippen LogP contribution in [0.5, 0.6) is 0 Å². The maximum Gasteiger partial charge on any atom is 0.240 e. The smallest absolute Gasteiger partial charge is 0.240 e. The molecule has 38 heavy (non-hydrogen) atoms.